The summed E-state index contributed by atoms with van der Waals surface area (Å²) in [5, 5.41) is 0. The standard InChI is InChI=1S/C26H29NO5/c1-17-14-23(18(2)27(17)13-12-20-6-9-22(30-4)10-7-20)24(29)16-32-25-11-8-21(19(3)28)15-26(25)31-5/h6-11,14-15H,12-13,16H2,1-5H3. The minimum Gasteiger partial charge on any atom is -0.497 e. The lowest BCUT2D eigenvalue weighted by molar-refractivity contribution is 0.0917. The summed E-state index contributed by atoms with van der Waals surface area (Å²) in [6, 6.07) is 14.9. The van der Waals surface area contributed by atoms with E-state index in [9.17, 15) is 9.59 Å². The molecule has 0 N–H and O–H groups in total. The maximum atomic E-state index is 12.9. The van der Waals surface area contributed by atoms with E-state index in [0.29, 0.717) is 22.6 Å². The van der Waals surface area contributed by atoms with Crippen LogP contribution in [0.25, 0.3) is 0 Å². The Kier molecular flexibility index (Phi) is 7.36. The second kappa shape index (κ2) is 10.2. The van der Waals surface area contributed by atoms with Gasteiger partial charge < -0.3 is 18.8 Å². The van der Waals surface area contributed by atoms with Crippen molar-refractivity contribution in [3.8, 4) is 17.2 Å². The molecular formula is C26H29NO5. The summed E-state index contributed by atoms with van der Waals surface area (Å²) in [7, 11) is 3.16. The highest BCUT2D eigenvalue weighted by Gasteiger charge is 2.17. The van der Waals surface area contributed by atoms with Crippen LogP contribution in [0, 0.1) is 13.8 Å². The van der Waals surface area contributed by atoms with Crippen molar-refractivity contribution in [1.82, 2.24) is 4.57 Å². The Morgan fingerprint density at radius 3 is 2.25 bits per heavy atom. The molecule has 0 saturated carbocycles. The van der Waals surface area contributed by atoms with E-state index in [-0.39, 0.29) is 18.2 Å². The van der Waals surface area contributed by atoms with Crippen LogP contribution < -0.4 is 14.2 Å². The highest BCUT2D eigenvalue weighted by Crippen LogP contribution is 2.28. The maximum absolute atomic E-state index is 12.9. The van der Waals surface area contributed by atoms with Crippen LogP contribution in [0.15, 0.2) is 48.5 Å². The predicted molar refractivity (Wildman–Crippen MR) is 123 cm³/mol. The highest BCUT2D eigenvalue weighted by molar-refractivity contribution is 5.98. The van der Waals surface area contributed by atoms with Crippen LogP contribution in [-0.4, -0.2) is 37.0 Å². The molecule has 2 aromatic carbocycles. The van der Waals surface area contributed by atoms with E-state index in [1.54, 1.807) is 25.3 Å². The van der Waals surface area contributed by atoms with Crippen molar-refractivity contribution in [3.05, 3.63) is 76.6 Å². The van der Waals surface area contributed by atoms with E-state index >= 15 is 0 Å². The smallest absolute Gasteiger partial charge is 0.202 e. The molecule has 0 fully saturated rings. The van der Waals surface area contributed by atoms with Crippen LogP contribution in [0.5, 0.6) is 17.2 Å². The SMILES string of the molecule is COc1ccc(CCn2c(C)cc(C(=O)COc3ccc(C(C)=O)cc3OC)c2C)cc1. The third-order valence-electron chi connectivity index (χ3n) is 5.59. The lowest BCUT2D eigenvalue weighted by Crippen LogP contribution is -2.14. The summed E-state index contributed by atoms with van der Waals surface area (Å²) < 4.78 is 18.4. The zero-order valence-electron chi connectivity index (χ0n) is 19.2. The van der Waals surface area contributed by atoms with Gasteiger partial charge in [0.2, 0.25) is 5.78 Å². The molecule has 1 heterocycles. The fraction of sp³-hybridized carbons (Fsp3) is 0.308. The summed E-state index contributed by atoms with van der Waals surface area (Å²) in [5.74, 6) is 1.52. The molecule has 0 bridgehead atoms. The van der Waals surface area contributed by atoms with E-state index in [4.69, 9.17) is 14.2 Å². The van der Waals surface area contributed by atoms with Gasteiger partial charge in [-0.1, -0.05) is 12.1 Å². The zero-order chi connectivity index (χ0) is 23.3. The second-order valence-corrected chi connectivity index (χ2v) is 7.67. The van der Waals surface area contributed by atoms with Gasteiger partial charge in [-0.05, 0) is 69.2 Å². The van der Waals surface area contributed by atoms with Gasteiger partial charge in [0, 0.05) is 29.1 Å². The van der Waals surface area contributed by atoms with Gasteiger partial charge in [-0.25, -0.2) is 0 Å². The molecule has 1 aromatic heterocycles. The monoisotopic (exact) mass is 435 g/mol. The first kappa shape index (κ1) is 23.1. The van der Waals surface area contributed by atoms with Crippen LogP contribution >= 0.6 is 0 Å². The number of aromatic nitrogens is 1. The fourth-order valence-corrected chi connectivity index (χ4v) is 3.69. The lowest BCUT2D eigenvalue weighted by Gasteiger charge is -2.12. The number of aryl methyl sites for hydroxylation is 2. The van der Waals surface area contributed by atoms with Crippen LogP contribution in [0.4, 0.5) is 0 Å². The van der Waals surface area contributed by atoms with Gasteiger partial charge >= 0.3 is 0 Å². The quantitative estimate of drug-likeness (QED) is 0.427. The number of ether oxygens (including phenoxy) is 3. The number of rotatable bonds is 10. The number of hydrogen-bond acceptors (Lipinski definition) is 5. The summed E-state index contributed by atoms with van der Waals surface area (Å²) in [6.07, 6.45) is 0.851. The molecule has 0 radical (unpaired) electrons. The molecule has 0 spiro atoms. The molecule has 3 rings (SSSR count). The maximum Gasteiger partial charge on any atom is 0.202 e. The van der Waals surface area contributed by atoms with Gasteiger partial charge in [-0.3, -0.25) is 9.59 Å². The predicted octanol–water partition coefficient (Wildman–Crippen LogP) is 4.83. The summed E-state index contributed by atoms with van der Waals surface area (Å²) >= 11 is 0. The Hall–Kier alpha value is -3.54. The number of carbonyl (C=O) groups is 2. The van der Waals surface area contributed by atoms with Gasteiger partial charge in [0.25, 0.3) is 0 Å². The van der Waals surface area contributed by atoms with Crippen LogP contribution in [-0.2, 0) is 13.0 Å². The van der Waals surface area contributed by atoms with Crippen LogP contribution in [0.3, 0.4) is 0 Å². The van der Waals surface area contributed by atoms with Gasteiger partial charge in [0.1, 0.15) is 5.75 Å². The van der Waals surface area contributed by atoms with Crippen molar-refractivity contribution in [3.63, 3.8) is 0 Å². The van der Waals surface area contributed by atoms with Gasteiger partial charge in [0.15, 0.2) is 23.9 Å². The van der Waals surface area contributed by atoms with E-state index in [2.05, 4.69) is 16.7 Å². The first-order valence-electron chi connectivity index (χ1n) is 10.5. The van der Waals surface area contributed by atoms with Gasteiger partial charge in [0.05, 0.1) is 14.2 Å². The van der Waals surface area contributed by atoms with Crippen molar-refractivity contribution >= 4 is 11.6 Å². The summed E-state index contributed by atoms with van der Waals surface area (Å²) in [6.45, 7) is 6.11. The molecule has 0 unspecified atom stereocenters. The minimum atomic E-state index is -0.113. The normalized spacial score (nSPS) is 10.7. The number of hydrogen-bond donors (Lipinski definition) is 0. The average Bonchev–Trinajstić information content (AvgIpc) is 3.09. The van der Waals surface area contributed by atoms with Crippen LogP contribution in [0.1, 0.15) is 44.6 Å². The number of Topliss-reactive ketones (excluding diaryl/α,β-unsaturated/α-hetero) is 2. The van der Waals surface area contributed by atoms with Crippen molar-refractivity contribution in [2.45, 2.75) is 33.7 Å². The Labute approximate surface area is 188 Å². The Morgan fingerprint density at radius 1 is 0.906 bits per heavy atom. The Morgan fingerprint density at radius 2 is 1.62 bits per heavy atom. The van der Waals surface area contributed by atoms with Crippen molar-refractivity contribution in [1.29, 1.82) is 0 Å². The van der Waals surface area contributed by atoms with E-state index in [0.717, 1.165) is 30.1 Å². The summed E-state index contributed by atoms with van der Waals surface area (Å²) in [5.41, 5.74) is 4.33. The third kappa shape index (κ3) is 5.19. The molecule has 0 aliphatic rings. The molecular weight excluding hydrogens is 406 g/mol. The molecule has 0 aliphatic carbocycles. The lowest BCUT2D eigenvalue weighted by atomic mass is 10.1. The first-order valence-corrected chi connectivity index (χ1v) is 10.5. The molecule has 168 valence electrons. The topological polar surface area (TPSA) is 66.8 Å². The molecule has 0 atom stereocenters. The second-order valence-electron chi connectivity index (χ2n) is 7.67. The number of benzene rings is 2. The largest absolute Gasteiger partial charge is 0.497 e. The molecule has 3 aromatic rings. The van der Waals surface area contributed by atoms with Gasteiger partial charge in [-0.2, -0.15) is 0 Å². The Balaban J connectivity index is 1.68. The van der Waals surface area contributed by atoms with E-state index in [1.165, 1.54) is 19.6 Å². The molecule has 32 heavy (non-hydrogen) atoms. The van der Waals surface area contributed by atoms with Crippen molar-refractivity contribution in [2.24, 2.45) is 0 Å². The number of nitrogens with zero attached hydrogens (tertiary/aromatic N) is 1. The fourth-order valence-electron chi connectivity index (χ4n) is 3.69. The van der Waals surface area contributed by atoms with Gasteiger partial charge in [-0.15, -0.1) is 0 Å². The number of methoxy groups -OCH3 is 2. The molecule has 0 aliphatic heterocycles. The van der Waals surface area contributed by atoms with Crippen LogP contribution in [0.2, 0.25) is 0 Å². The summed E-state index contributed by atoms with van der Waals surface area (Å²) in [4.78, 5) is 24.4. The third-order valence-corrected chi connectivity index (χ3v) is 5.59. The number of carbonyl (C=O) groups excluding carboxylic acids is 2. The average molecular weight is 436 g/mol. The van der Waals surface area contributed by atoms with E-state index in [1.807, 2.05) is 32.0 Å². The highest BCUT2D eigenvalue weighted by atomic mass is 16.5. The minimum absolute atomic E-state index is 0.0620. The van der Waals surface area contributed by atoms with Crippen molar-refractivity contribution in [2.75, 3.05) is 20.8 Å². The Bertz CT molecular complexity index is 1110. The number of ketones is 2. The van der Waals surface area contributed by atoms with E-state index < -0.39 is 0 Å². The van der Waals surface area contributed by atoms with Crippen molar-refractivity contribution < 1.29 is 23.8 Å². The first-order chi connectivity index (χ1) is 15.3. The molecule has 6 heteroatoms. The zero-order valence-corrected chi connectivity index (χ0v) is 19.2. The molecule has 6 nitrogen and oxygen atoms in total. The molecule has 0 amide bonds. The molecule has 0 saturated heterocycles.